The standard InChI is InChI=1S/C11H11F2NO4/c1-17-10(15)2-3-18-11(16)6-4-9(14)8(13)5-7(6)12/h4-5H,2-3,14H2,1H3. The van der Waals surface area contributed by atoms with Gasteiger partial charge in [-0.2, -0.15) is 0 Å². The molecule has 1 rings (SSSR count). The average molecular weight is 259 g/mol. The summed E-state index contributed by atoms with van der Waals surface area (Å²) in [7, 11) is 1.19. The summed E-state index contributed by atoms with van der Waals surface area (Å²) in [5.41, 5.74) is 4.35. The fourth-order valence-corrected chi connectivity index (χ4v) is 1.13. The molecule has 0 atom stereocenters. The van der Waals surface area contributed by atoms with Crippen molar-refractivity contribution in [3.63, 3.8) is 0 Å². The van der Waals surface area contributed by atoms with E-state index in [0.29, 0.717) is 6.07 Å². The number of halogens is 2. The molecular weight excluding hydrogens is 248 g/mol. The molecule has 0 radical (unpaired) electrons. The van der Waals surface area contributed by atoms with Gasteiger partial charge in [0.05, 0.1) is 24.8 Å². The number of methoxy groups -OCH3 is 1. The van der Waals surface area contributed by atoms with Crippen molar-refractivity contribution in [2.24, 2.45) is 0 Å². The van der Waals surface area contributed by atoms with Gasteiger partial charge in [-0.1, -0.05) is 0 Å². The molecule has 0 saturated heterocycles. The van der Waals surface area contributed by atoms with Gasteiger partial charge in [0, 0.05) is 6.07 Å². The third-order valence-electron chi connectivity index (χ3n) is 2.07. The highest BCUT2D eigenvalue weighted by atomic mass is 19.1. The van der Waals surface area contributed by atoms with Crippen LogP contribution in [0.15, 0.2) is 12.1 Å². The average Bonchev–Trinajstić information content (AvgIpc) is 2.33. The second kappa shape index (κ2) is 5.95. The minimum Gasteiger partial charge on any atom is -0.469 e. The number of nitrogen functional groups attached to an aromatic ring is 1. The molecule has 18 heavy (non-hydrogen) atoms. The van der Waals surface area contributed by atoms with Crippen molar-refractivity contribution < 1.29 is 27.8 Å². The molecule has 0 heterocycles. The van der Waals surface area contributed by atoms with Crippen LogP contribution < -0.4 is 5.73 Å². The van der Waals surface area contributed by atoms with E-state index in [9.17, 15) is 18.4 Å². The van der Waals surface area contributed by atoms with Gasteiger partial charge in [0.15, 0.2) is 0 Å². The van der Waals surface area contributed by atoms with Gasteiger partial charge in [-0.05, 0) is 6.07 Å². The minimum absolute atomic E-state index is 0.152. The van der Waals surface area contributed by atoms with Crippen molar-refractivity contribution in [1.29, 1.82) is 0 Å². The van der Waals surface area contributed by atoms with Crippen molar-refractivity contribution in [1.82, 2.24) is 0 Å². The summed E-state index contributed by atoms with van der Waals surface area (Å²) in [5, 5.41) is 0. The van der Waals surface area contributed by atoms with Gasteiger partial charge in [-0.3, -0.25) is 4.79 Å². The van der Waals surface area contributed by atoms with Crippen LogP contribution in [0.2, 0.25) is 0 Å². The number of benzene rings is 1. The second-order valence-corrected chi connectivity index (χ2v) is 3.32. The normalized spacial score (nSPS) is 9.94. The molecule has 2 N–H and O–H groups in total. The Kier molecular flexibility index (Phi) is 4.59. The molecule has 98 valence electrons. The summed E-state index contributed by atoms with van der Waals surface area (Å²) < 4.78 is 35.0. The summed E-state index contributed by atoms with van der Waals surface area (Å²) in [6.07, 6.45) is -0.152. The third-order valence-corrected chi connectivity index (χ3v) is 2.07. The molecule has 0 bridgehead atoms. The van der Waals surface area contributed by atoms with Crippen molar-refractivity contribution in [3.05, 3.63) is 29.3 Å². The zero-order chi connectivity index (χ0) is 13.7. The van der Waals surface area contributed by atoms with Crippen LogP contribution in [-0.4, -0.2) is 25.7 Å². The lowest BCUT2D eigenvalue weighted by atomic mass is 10.2. The number of rotatable bonds is 4. The lowest BCUT2D eigenvalue weighted by Crippen LogP contribution is -2.13. The Hall–Kier alpha value is -2.18. The number of carbonyl (C=O) groups excluding carboxylic acids is 2. The van der Waals surface area contributed by atoms with Gasteiger partial charge in [0.25, 0.3) is 0 Å². The number of hydrogen-bond donors (Lipinski definition) is 1. The zero-order valence-electron chi connectivity index (χ0n) is 9.54. The van der Waals surface area contributed by atoms with Crippen LogP contribution in [0.4, 0.5) is 14.5 Å². The Morgan fingerprint density at radius 1 is 1.28 bits per heavy atom. The predicted molar refractivity (Wildman–Crippen MR) is 57.7 cm³/mol. The van der Waals surface area contributed by atoms with Crippen molar-refractivity contribution in [2.75, 3.05) is 19.5 Å². The number of carbonyl (C=O) groups is 2. The quantitative estimate of drug-likeness (QED) is 0.650. The van der Waals surface area contributed by atoms with E-state index in [2.05, 4.69) is 9.47 Å². The van der Waals surface area contributed by atoms with Gasteiger partial charge in [-0.15, -0.1) is 0 Å². The number of nitrogens with two attached hydrogens (primary N) is 1. The highest BCUT2D eigenvalue weighted by Gasteiger charge is 2.16. The lowest BCUT2D eigenvalue weighted by Gasteiger charge is -2.06. The molecule has 0 saturated carbocycles. The topological polar surface area (TPSA) is 78.6 Å². The second-order valence-electron chi connectivity index (χ2n) is 3.32. The van der Waals surface area contributed by atoms with Crippen molar-refractivity contribution in [3.8, 4) is 0 Å². The highest BCUT2D eigenvalue weighted by Crippen LogP contribution is 2.17. The molecule has 0 aliphatic carbocycles. The minimum atomic E-state index is -1.08. The number of ether oxygens (including phenoxy) is 2. The Balaban J connectivity index is 2.67. The molecule has 0 spiro atoms. The van der Waals surface area contributed by atoms with E-state index in [4.69, 9.17) is 5.73 Å². The summed E-state index contributed by atoms with van der Waals surface area (Å²) >= 11 is 0. The van der Waals surface area contributed by atoms with Crippen LogP contribution in [-0.2, 0) is 14.3 Å². The van der Waals surface area contributed by atoms with Crippen LogP contribution in [0.1, 0.15) is 16.8 Å². The van der Waals surface area contributed by atoms with E-state index in [1.54, 1.807) is 0 Å². The SMILES string of the molecule is COC(=O)CCOC(=O)c1cc(N)c(F)cc1F. The molecule has 0 fully saturated rings. The number of esters is 2. The molecule has 7 heteroatoms. The molecule has 0 aliphatic rings. The number of anilines is 1. The maximum Gasteiger partial charge on any atom is 0.341 e. The van der Waals surface area contributed by atoms with Gasteiger partial charge < -0.3 is 15.2 Å². The molecule has 5 nitrogen and oxygen atoms in total. The van der Waals surface area contributed by atoms with Crippen molar-refractivity contribution in [2.45, 2.75) is 6.42 Å². The molecule has 0 unspecified atom stereocenters. The molecule has 0 aliphatic heterocycles. The van der Waals surface area contributed by atoms with Gasteiger partial charge >= 0.3 is 11.9 Å². The fraction of sp³-hybridized carbons (Fsp3) is 0.273. The molecule has 1 aromatic rings. The van der Waals surface area contributed by atoms with Gasteiger partial charge in [0.1, 0.15) is 18.2 Å². The first-order chi connectivity index (χ1) is 8.45. The molecular formula is C11H11F2NO4. The fourth-order valence-electron chi connectivity index (χ4n) is 1.13. The summed E-state index contributed by atoms with van der Waals surface area (Å²) in [4.78, 5) is 22.1. The summed E-state index contributed by atoms with van der Waals surface area (Å²) in [6, 6.07) is 1.33. The molecule has 0 amide bonds. The van der Waals surface area contributed by atoms with Crippen LogP contribution in [0.5, 0.6) is 0 Å². The van der Waals surface area contributed by atoms with Crippen LogP contribution in [0, 0.1) is 11.6 Å². The van der Waals surface area contributed by atoms with E-state index in [0.717, 1.165) is 6.07 Å². The Morgan fingerprint density at radius 3 is 2.56 bits per heavy atom. The van der Waals surface area contributed by atoms with E-state index in [1.807, 2.05) is 0 Å². The predicted octanol–water partition coefficient (Wildman–Crippen LogP) is 1.27. The van der Waals surface area contributed by atoms with Crippen molar-refractivity contribution >= 4 is 17.6 Å². The number of hydrogen-bond acceptors (Lipinski definition) is 5. The highest BCUT2D eigenvalue weighted by molar-refractivity contribution is 5.90. The Bertz CT molecular complexity index is 476. The third kappa shape index (κ3) is 3.41. The maximum absolute atomic E-state index is 13.2. The van der Waals surface area contributed by atoms with Crippen LogP contribution in [0.25, 0.3) is 0 Å². The largest absolute Gasteiger partial charge is 0.469 e. The van der Waals surface area contributed by atoms with Gasteiger partial charge in [0.2, 0.25) is 0 Å². The molecule has 0 aromatic heterocycles. The van der Waals surface area contributed by atoms with E-state index in [1.165, 1.54) is 7.11 Å². The van der Waals surface area contributed by atoms with E-state index < -0.39 is 29.1 Å². The van der Waals surface area contributed by atoms with E-state index >= 15 is 0 Å². The zero-order valence-corrected chi connectivity index (χ0v) is 9.54. The van der Waals surface area contributed by atoms with Crippen LogP contribution >= 0.6 is 0 Å². The van der Waals surface area contributed by atoms with Gasteiger partial charge in [-0.25, -0.2) is 13.6 Å². The monoisotopic (exact) mass is 259 g/mol. The summed E-state index contributed by atoms with van der Waals surface area (Å²) in [5.74, 6) is -3.63. The lowest BCUT2D eigenvalue weighted by molar-refractivity contribution is -0.141. The first-order valence-electron chi connectivity index (χ1n) is 4.94. The first kappa shape index (κ1) is 13.9. The first-order valence-corrected chi connectivity index (χ1v) is 4.94. The Labute approximate surface area is 101 Å². The van der Waals surface area contributed by atoms with E-state index in [-0.39, 0.29) is 18.7 Å². The smallest absolute Gasteiger partial charge is 0.341 e. The van der Waals surface area contributed by atoms with Crippen LogP contribution in [0.3, 0.4) is 0 Å². The Morgan fingerprint density at radius 2 is 1.94 bits per heavy atom. The molecule has 1 aromatic carbocycles. The maximum atomic E-state index is 13.2. The summed E-state index contributed by atoms with van der Waals surface area (Å²) in [6.45, 7) is -0.262.